The van der Waals surface area contributed by atoms with Crippen LogP contribution in [0.2, 0.25) is 0 Å². The molecule has 7 heteroatoms. The number of rotatable bonds is 5. The minimum atomic E-state index is 0.119. The van der Waals surface area contributed by atoms with Crippen LogP contribution in [-0.2, 0) is 11.2 Å². The van der Waals surface area contributed by atoms with Gasteiger partial charge in [-0.3, -0.25) is 4.79 Å². The summed E-state index contributed by atoms with van der Waals surface area (Å²) in [5.74, 6) is 1.61. The van der Waals surface area contributed by atoms with Gasteiger partial charge in [-0.15, -0.1) is 5.10 Å². The Morgan fingerprint density at radius 1 is 1.28 bits per heavy atom. The van der Waals surface area contributed by atoms with E-state index < -0.39 is 0 Å². The highest BCUT2D eigenvalue weighted by molar-refractivity contribution is 7.99. The highest BCUT2D eigenvalue weighted by Crippen LogP contribution is 2.32. The monoisotopic (exact) mass is 354 g/mol. The van der Waals surface area contributed by atoms with Gasteiger partial charge in [0, 0.05) is 25.5 Å². The Labute approximate surface area is 149 Å². The second kappa shape index (κ2) is 6.93. The first kappa shape index (κ1) is 16.2. The molecule has 0 fully saturated rings. The molecular formula is C18H18N4O2S. The van der Waals surface area contributed by atoms with Crippen molar-refractivity contribution >= 4 is 23.3 Å². The number of nitrogens with zero attached hydrogens (tertiary/aromatic N) is 4. The molecule has 0 spiro atoms. The maximum Gasteiger partial charge on any atom is 0.253 e. The molecule has 1 aromatic carbocycles. The van der Waals surface area contributed by atoms with Crippen LogP contribution in [0.5, 0.6) is 0 Å². The predicted octanol–water partition coefficient (Wildman–Crippen LogP) is 2.78. The van der Waals surface area contributed by atoms with Crippen LogP contribution in [0.1, 0.15) is 34.0 Å². The number of methoxy groups -OCH3 is 1. The van der Waals surface area contributed by atoms with E-state index in [1.165, 1.54) is 17.3 Å². The number of hydrogen-bond donors (Lipinski definition) is 0. The van der Waals surface area contributed by atoms with E-state index in [1.54, 1.807) is 17.8 Å². The third-order valence-corrected chi connectivity index (χ3v) is 5.21. The summed E-state index contributed by atoms with van der Waals surface area (Å²) in [6.07, 6.45) is 2.91. The molecule has 0 saturated heterocycles. The van der Waals surface area contributed by atoms with Gasteiger partial charge in [-0.1, -0.05) is 42.1 Å². The predicted molar refractivity (Wildman–Crippen MR) is 95.2 cm³/mol. The van der Waals surface area contributed by atoms with Crippen LogP contribution in [0.4, 0.5) is 0 Å². The minimum absolute atomic E-state index is 0.119. The Balaban J connectivity index is 1.70. The van der Waals surface area contributed by atoms with E-state index in [9.17, 15) is 4.79 Å². The van der Waals surface area contributed by atoms with Crippen molar-refractivity contribution in [3.05, 3.63) is 53.3 Å². The molecule has 6 nitrogen and oxygen atoms in total. The summed E-state index contributed by atoms with van der Waals surface area (Å²) in [4.78, 5) is 21.4. The van der Waals surface area contributed by atoms with Crippen molar-refractivity contribution in [3.63, 3.8) is 0 Å². The van der Waals surface area contributed by atoms with Crippen molar-refractivity contribution in [1.82, 2.24) is 19.6 Å². The topological polar surface area (TPSA) is 69.4 Å². The summed E-state index contributed by atoms with van der Waals surface area (Å²) in [6, 6.07) is 10.2. The molecule has 128 valence electrons. The van der Waals surface area contributed by atoms with Crippen LogP contribution in [0, 0.1) is 0 Å². The van der Waals surface area contributed by atoms with Crippen molar-refractivity contribution < 1.29 is 9.53 Å². The largest absolute Gasteiger partial charge is 0.384 e. The molecule has 3 aromatic rings. The molecule has 1 aliphatic rings. The highest BCUT2D eigenvalue weighted by Gasteiger charge is 2.29. The molecule has 0 N–H and O–H groups in total. The number of benzene rings is 1. The lowest BCUT2D eigenvalue weighted by Gasteiger charge is -2.23. The molecule has 1 atom stereocenters. The number of carbonyl (C=O) groups is 1. The van der Waals surface area contributed by atoms with Crippen LogP contribution < -0.4 is 0 Å². The third-order valence-electron chi connectivity index (χ3n) is 4.41. The Morgan fingerprint density at radius 2 is 2.12 bits per heavy atom. The van der Waals surface area contributed by atoms with E-state index >= 15 is 0 Å². The fraction of sp³-hybridized carbons (Fsp3) is 0.333. The van der Waals surface area contributed by atoms with Crippen LogP contribution in [0.15, 0.2) is 41.7 Å². The van der Waals surface area contributed by atoms with Crippen molar-refractivity contribution in [2.24, 2.45) is 0 Å². The zero-order chi connectivity index (χ0) is 17.2. The van der Waals surface area contributed by atoms with E-state index in [0.29, 0.717) is 29.5 Å². The molecule has 25 heavy (non-hydrogen) atoms. The van der Waals surface area contributed by atoms with E-state index in [-0.39, 0.29) is 11.7 Å². The van der Waals surface area contributed by atoms with Crippen LogP contribution in [0.25, 0.3) is 5.78 Å². The normalized spacial score (nSPS) is 17.0. The van der Waals surface area contributed by atoms with Gasteiger partial charge in [0.25, 0.3) is 5.78 Å². The fourth-order valence-electron chi connectivity index (χ4n) is 3.17. The van der Waals surface area contributed by atoms with Crippen molar-refractivity contribution in [2.75, 3.05) is 19.5 Å². The molecule has 0 amide bonds. The van der Waals surface area contributed by atoms with Crippen molar-refractivity contribution in [2.45, 2.75) is 23.9 Å². The molecule has 1 aliphatic carbocycles. The molecule has 2 heterocycles. The first-order valence-electron chi connectivity index (χ1n) is 8.21. The quantitative estimate of drug-likeness (QED) is 0.518. The van der Waals surface area contributed by atoms with Crippen molar-refractivity contribution in [1.29, 1.82) is 0 Å². The van der Waals surface area contributed by atoms with E-state index in [1.807, 2.05) is 18.2 Å². The average Bonchev–Trinajstić information content (AvgIpc) is 3.06. The number of ether oxygens (including phenoxy) is 1. The zero-order valence-electron chi connectivity index (χ0n) is 13.9. The zero-order valence-corrected chi connectivity index (χ0v) is 14.7. The summed E-state index contributed by atoms with van der Waals surface area (Å²) in [5, 5.41) is 5.22. The van der Waals surface area contributed by atoms with Gasteiger partial charge in [0.05, 0.1) is 17.9 Å². The lowest BCUT2D eigenvalue weighted by Crippen LogP contribution is -2.22. The Bertz CT molecular complexity index is 910. The lowest BCUT2D eigenvalue weighted by molar-refractivity contribution is 0.0962. The highest BCUT2D eigenvalue weighted by atomic mass is 32.2. The van der Waals surface area contributed by atoms with E-state index in [0.717, 1.165) is 17.9 Å². The first-order valence-corrected chi connectivity index (χ1v) is 9.19. The van der Waals surface area contributed by atoms with Gasteiger partial charge in [-0.2, -0.15) is 9.50 Å². The average molecular weight is 354 g/mol. The number of carbonyl (C=O) groups excluding carboxylic acids is 1. The molecule has 1 unspecified atom stereocenters. The van der Waals surface area contributed by atoms with E-state index in [4.69, 9.17) is 4.74 Å². The standard InChI is InChI=1S/C18H18N4O2S/c1-24-7-8-25-18-20-17-19-11-14-15(22(17)21-18)9-13(10-16(14)23)12-5-3-2-4-6-12/h2-6,11,13H,7-10H2,1H3. The molecule has 0 aliphatic heterocycles. The smallest absolute Gasteiger partial charge is 0.253 e. The lowest BCUT2D eigenvalue weighted by atomic mass is 9.82. The third kappa shape index (κ3) is 3.17. The molecule has 0 saturated carbocycles. The Hall–Kier alpha value is -2.25. The Kier molecular flexibility index (Phi) is 4.50. The van der Waals surface area contributed by atoms with Gasteiger partial charge in [-0.05, 0) is 17.9 Å². The summed E-state index contributed by atoms with van der Waals surface area (Å²) in [6.45, 7) is 0.639. The van der Waals surface area contributed by atoms with Gasteiger partial charge in [0.2, 0.25) is 5.16 Å². The van der Waals surface area contributed by atoms with Crippen LogP contribution >= 0.6 is 11.8 Å². The number of fused-ring (bicyclic) bond motifs is 3. The number of Topliss-reactive ketones (excluding diaryl/α,β-unsaturated/α-hetero) is 1. The summed E-state index contributed by atoms with van der Waals surface area (Å²) < 4.78 is 6.80. The van der Waals surface area contributed by atoms with Crippen molar-refractivity contribution in [3.8, 4) is 0 Å². The van der Waals surface area contributed by atoms with Gasteiger partial charge in [0.15, 0.2) is 5.78 Å². The molecule has 2 aromatic heterocycles. The SMILES string of the molecule is COCCSc1nc2ncc3c(n2n1)CC(c1ccccc1)CC3=O. The minimum Gasteiger partial charge on any atom is -0.384 e. The fourth-order valence-corrected chi connectivity index (χ4v) is 3.89. The Morgan fingerprint density at radius 3 is 2.92 bits per heavy atom. The number of aromatic nitrogens is 4. The maximum atomic E-state index is 12.6. The number of ketones is 1. The second-order valence-electron chi connectivity index (χ2n) is 6.01. The summed E-state index contributed by atoms with van der Waals surface area (Å²) in [7, 11) is 1.67. The van der Waals surface area contributed by atoms with Crippen LogP contribution in [-0.4, -0.2) is 44.8 Å². The van der Waals surface area contributed by atoms with Crippen LogP contribution in [0.3, 0.4) is 0 Å². The van der Waals surface area contributed by atoms with E-state index in [2.05, 4.69) is 27.2 Å². The number of thioether (sulfide) groups is 1. The first-order chi connectivity index (χ1) is 12.3. The molecular weight excluding hydrogens is 336 g/mol. The molecule has 0 bridgehead atoms. The van der Waals surface area contributed by atoms with Gasteiger partial charge < -0.3 is 4.74 Å². The molecule has 4 rings (SSSR count). The maximum absolute atomic E-state index is 12.6. The second-order valence-corrected chi connectivity index (χ2v) is 7.07. The summed E-state index contributed by atoms with van der Waals surface area (Å²) in [5.41, 5.74) is 2.75. The van der Waals surface area contributed by atoms with Gasteiger partial charge in [0.1, 0.15) is 0 Å². The van der Waals surface area contributed by atoms with Gasteiger partial charge >= 0.3 is 0 Å². The molecule has 0 radical (unpaired) electrons. The summed E-state index contributed by atoms with van der Waals surface area (Å²) >= 11 is 1.53. The number of hydrogen-bond acceptors (Lipinski definition) is 6. The van der Waals surface area contributed by atoms with Gasteiger partial charge in [-0.25, -0.2) is 4.98 Å².